The van der Waals surface area contributed by atoms with Gasteiger partial charge in [0.1, 0.15) is 17.3 Å². The van der Waals surface area contributed by atoms with Crippen molar-refractivity contribution in [2.24, 2.45) is 0 Å². The summed E-state index contributed by atoms with van der Waals surface area (Å²) in [7, 11) is -2.45. The highest BCUT2D eigenvalue weighted by Crippen LogP contribution is 2.31. The van der Waals surface area contributed by atoms with E-state index in [4.69, 9.17) is 9.47 Å². The molecule has 2 aromatic carbocycles. The summed E-state index contributed by atoms with van der Waals surface area (Å²) < 4.78 is 38.1. The fraction of sp³-hybridized carbons (Fsp3) is 0.300. The molecular weight excluding hydrogens is 410 g/mol. The van der Waals surface area contributed by atoms with Gasteiger partial charge in [0.05, 0.1) is 25.0 Å². The molecule has 0 spiro atoms. The number of carbonyl (C=O) groups is 2. The van der Waals surface area contributed by atoms with Crippen molar-refractivity contribution in [2.45, 2.75) is 23.8 Å². The van der Waals surface area contributed by atoms with Crippen molar-refractivity contribution in [1.29, 1.82) is 0 Å². The maximum Gasteiger partial charge on any atom is 0.414 e. The van der Waals surface area contributed by atoms with Gasteiger partial charge in [0.2, 0.25) is 10.0 Å². The minimum Gasteiger partial charge on any atom is -0.495 e. The van der Waals surface area contributed by atoms with Gasteiger partial charge >= 0.3 is 6.09 Å². The molecule has 0 unspecified atom stereocenters. The number of sulfonamides is 1. The van der Waals surface area contributed by atoms with E-state index >= 15 is 0 Å². The molecule has 1 aliphatic heterocycles. The highest BCUT2D eigenvalue weighted by Gasteiger charge is 2.31. The maximum atomic E-state index is 12.9. The Balaban J connectivity index is 1.62. The van der Waals surface area contributed by atoms with Crippen molar-refractivity contribution in [1.82, 2.24) is 4.72 Å². The van der Waals surface area contributed by atoms with Crippen molar-refractivity contribution >= 4 is 33.4 Å². The first-order chi connectivity index (χ1) is 14.4. The van der Waals surface area contributed by atoms with Gasteiger partial charge in [-0.3, -0.25) is 9.69 Å². The van der Waals surface area contributed by atoms with Crippen LogP contribution in [0.5, 0.6) is 5.75 Å². The second kappa shape index (κ2) is 7.96. The molecule has 2 amide bonds. The van der Waals surface area contributed by atoms with Crippen molar-refractivity contribution < 1.29 is 27.5 Å². The maximum absolute atomic E-state index is 12.9. The fourth-order valence-electron chi connectivity index (χ4n) is 3.13. The Morgan fingerprint density at radius 2 is 1.97 bits per heavy atom. The predicted octanol–water partition coefficient (Wildman–Crippen LogP) is 2.34. The summed E-state index contributed by atoms with van der Waals surface area (Å²) in [6, 6.07) is 11.0. The number of para-hydroxylation sites is 2. The number of cyclic esters (lactones) is 1. The van der Waals surface area contributed by atoms with E-state index in [0.29, 0.717) is 17.9 Å². The summed E-state index contributed by atoms with van der Waals surface area (Å²) in [6.45, 7) is 0.651. The quantitative estimate of drug-likeness (QED) is 0.696. The molecule has 1 saturated heterocycles. The van der Waals surface area contributed by atoms with E-state index in [1.165, 1.54) is 30.2 Å². The number of nitrogens with one attached hydrogen (secondary N) is 2. The van der Waals surface area contributed by atoms with Gasteiger partial charge in [0.25, 0.3) is 5.91 Å². The molecule has 4 rings (SSSR count). The van der Waals surface area contributed by atoms with Gasteiger partial charge in [-0.25, -0.2) is 17.9 Å². The molecule has 0 aromatic heterocycles. The van der Waals surface area contributed by atoms with E-state index in [1.54, 1.807) is 24.3 Å². The van der Waals surface area contributed by atoms with Gasteiger partial charge in [-0.05, 0) is 43.2 Å². The minimum absolute atomic E-state index is 0.0794. The molecule has 0 bridgehead atoms. The number of anilines is 2. The second-order valence-electron chi connectivity index (χ2n) is 7.00. The average Bonchev–Trinajstić information content (AvgIpc) is 3.44. The fourth-order valence-corrected chi connectivity index (χ4v) is 4.63. The summed E-state index contributed by atoms with van der Waals surface area (Å²) in [4.78, 5) is 26.1. The number of hydrogen-bond acceptors (Lipinski definition) is 6. The first-order valence-electron chi connectivity index (χ1n) is 9.44. The van der Waals surface area contributed by atoms with E-state index in [2.05, 4.69) is 10.0 Å². The number of ether oxygens (including phenoxy) is 2. The summed E-state index contributed by atoms with van der Waals surface area (Å²) >= 11 is 0. The lowest BCUT2D eigenvalue weighted by Gasteiger charge is -2.18. The largest absolute Gasteiger partial charge is 0.495 e. The number of methoxy groups -OCH3 is 1. The Hall–Kier alpha value is -3.11. The number of carbonyl (C=O) groups excluding carboxylic acids is 2. The van der Waals surface area contributed by atoms with E-state index in [-0.39, 0.29) is 28.9 Å². The number of nitrogens with zero attached hydrogens (tertiary/aromatic N) is 1. The van der Waals surface area contributed by atoms with Gasteiger partial charge in [-0.1, -0.05) is 12.1 Å². The molecule has 1 aliphatic carbocycles. The Labute approximate surface area is 174 Å². The zero-order valence-corrected chi connectivity index (χ0v) is 17.1. The Morgan fingerprint density at radius 3 is 2.63 bits per heavy atom. The van der Waals surface area contributed by atoms with E-state index < -0.39 is 22.0 Å². The molecular formula is C20H21N3O6S. The summed E-state index contributed by atoms with van der Waals surface area (Å²) in [5, 5.41) is 2.75. The predicted molar refractivity (Wildman–Crippen MR) is 109 cm³/mol. The van der Waals surface area contributed by atoms with Crippen molar-refractivity contribution in [2.75, 3.05) is 30.5 Å². The number of amides is 2. The van der Waals surface area contributed by atoms with Gasteiger partial charge < -0.3 is 14.8 Å². The van der Waals surface area contributed by atoms with Crippen LogP contribution in [0.1, 0.15) is 23.2 Å². The number of hydrogen-bond donors (Lipinski definition) is 2. The van der Waals surface area contributed by atoms with E-state index in [9.17, 15) is 18.0 Å². The van der Waals surface area contributed by atoms with E-state index in [0.717, 1.165) is 12.8 Å². The van der Waals surface area contributed by atoms with Crippen LogP contribution in [0.4, 0.5) is 16.2 Å². The third-order valence-electron chi connectivity index (χ3n) is 4.82. The molecule has 2 fully saturated rings. The lowest BCUT2D eigenvalue weighted by molar-refractivity contribution is 0.102. The number of benzene rings is 2. The Bertz CT molecular complexity index is 1100. The van der Waals surface area contributed by atoms with Gasteiger partial charge in [0.15, 0.2) is 0 Å². The Kier molecular flexibility index (Phi) is 5.35. The standard InChI is InChI=1S/C20H21N3O6S/c1-28-17-9-6-13(12-18(17)30(26,27)22-14-7-8-14)19(24)21-15-4-2-3-5-16(15)23-10-11-29-20(23)25/h2-6,9,12,14,22H,7-8,10-11H2,1H3,(H,21,24). The molecule has 2 N–H and O–H groups in total. The van der Waals surface area contributed by atoms with Crippen LogP contribution in [-0.2, 0) is 14.8 Å². The SMILES string of the molecule is COc1ccc(C(=O)Nc2ccccc2N2CCOC2=O)cc1S(=O)(=O)NC1CC1. The third kappa shape index (κ3) is 4.10. The normalized spacial score (nSPS) is 16.3. The summed E-state index contributed by atoms with van der Waals surface area (Å²) in [5.41, 5.74) is 1.06. The third-order valence-corrected chi connectivity index (χ3v) is 6.36. The second-order valence-corrected chi connectivity index (χ2v) is 8.68. The molecule has 158 valence electrons. The van der Waals surface area contributed by atoms with E-state index in [1.807, 2.05) is 0 Å². The molecule has 0 radical (unpaired) electrons. The van der Waals surface area contributed by atoms with Crippen LogP contribution < -0.4 is 19.7 Å². The average molecular weight is 431 g/mol. The smallest absolute Gasteiger partial charge is 0.414 e. The van der Waals surface area contributed by atoms with Crippen LogP contribution >= 0.6 is 0 Å². The van der Waals surface area contributed by atoms with Gasteiger partial charge in [0, 0.05) is 11.6 Å². The van der Waals surface area contributed by atoms with Gasteiger partial charge in [-0.2, -0.15) is 0 Å². The highest BCUT2D eigenvalue weighted by molar-refractivity contribution is 7.89. The minimum atomic E-state index is -3.82. The molecule has 2 aromatic rings. The zero-order valence-electron chi connectivity index (χ0n) is 16.3. The first kappa shape index (κ1) is 20.2. The molecule has 1 saturated carbocycles. The summed E-state index contributed by atoms with van der Waals surface area (Å²) in [5.74, 6) is -0.361. The van der Waals surface area contributed by atoms with Crippen molar-refractivity contribution in [3.05, 3.63) is 48.0 Å². The van der Waals surface area contributed by atoms with Crippen LogP contribution in [-0.4, -0.2) is 46.7 Å². The molecule has 30 heavy (non-hydrogen) atoms. The first-order valence-corrected chi connectivity index (χ1v) is 10.9. The molecule has 2 aliphatic rings. The topological polar surface area (TPSA) is 114 Å². The van der Waals surface area contributed by atoms with Crippen LogP contribution in [0, 0.1) is 0 Å². The van der Waals surface area contributed by atoms with Crippen LogP contribution in [0.25, 0.3) is 0 Å². The molecule has 0 atom stereocenters. The highest BCUT2D eigenvalue weighted by atomic mass is 32.2. The molecule has 10 heteroatoms. The lowest BCUT2D eigenvalue weighted by atomic mass is 10.2. The molecule has 1 heterocycles. The zero-order chi connectivity index (χ0) is 21.3. The molecule has 9 nitrogen and oxygen atoms in total. The van der Waals surface area contributed by atoms with Crippen LogP contribution in [0.3, 0.4) is 0 Å². The lowest BCUT2D eigenvalue weighted by Crippen LogP contribution is -2.27. The number of rotatable bonds is 7. The van der Waals surface area contributed by atoms with Crippen LogP contribution in [0.2, 0.25) is 0 Å². The monoisotopic (exact) mass is 431 g/mol. The summed E-state index contributed by atoms with van der Waals surface area (Å²) in [6.07, 6.45) is 1.09. The van der Waals surface area contributed by atoms with Crippen molar-refractivity contribution in [3.63, 3.8) is 0 Å². The van der Waals surface area contributed by atoms with Gasteiger partial charge in [-0.15, -0.1) is 0 Å². The van der Waals surface area contributed by atoms with Crippen LogP contribution in [0.15, 0.2) is 47.4 Å². The van der Waals surface area contributed by atoms with Crippen molar-refractivity contribution in [3.8, 4) is 5.75 Å². The Morgan fingerprint density at radius 1 is 1.20 bits per heavy atom.